The molecule has 0 radical (unpaired) electrons. The number of fused-ring (bicyclic) bond motifs is 4. The number of benzene rings is 2. The lowest BCUT2D eigenvalue weighted by Gasteiger charge is -2.25. The fourth-order valence-corrected chi connectivity index (χ4v) is 7.70. The van der Waals surface area contributed by atoms with Gasteiger partial charge in [-0.2, -0.15) is 0 Å². The van der Waals surface area contributed by atoms with Crippen molar-refractivity contribution in [1.82, 2.24) is 19.7 Å². The number of hydrogen-bond acceptors (Lipinski definition) is 9. The van der Waals surface area contributed by atoms with Crippen molar-refractivity contribution in [2.45, 2.75) is 62.3 Å². The molecule has 0 saturated carbocycles. The van der Waals surface area contributed by atoms with Crippen molar-refractivity contribution in [3.63, 3.8) is 0 Å². The molecule has 1 fully saturated rings. The zero-order valence-corrected chi connectivity index (χ0v) is 22.6. The number of anilines is 1. The van der Waals surface area contributed by atoms with E-state index >= 15 is 0 Å². The van der Waals surface area contributed by atoms with Gasteiger partial charge in [0.25, 0.3) is 5.69 Å². The third-order valence-corrected chi connectivity index (χ3v) is 9.70. The zero-order chi connectivity index (χ0) is 27.3. The summed E-state index contributed by atoms with van der Waals surface area (Å²) in [6, 6.07) is 8.36. The molecule has 1 aliphatic carbocycles. The van der Waals surface area contributed by atoms with Gasteiger partial charge < -0.3 is 14.4 Å². The number of nitro groups is 1. The van der Waals surface area contributed by atoms with Crippen LogP contribution in [0.25, 0.3) is 0 Å². The molecule has 206 valence electrons. The summed E-state index contributed by atoms with van der Waals surface area (Å²) in [5, 5.41) is 20.4. The van der Waals surface area contributed by atoms with Gasteiger partial charge in [0.2, 0.25) is 10.0 Å². The highest BCUT2D eigenvalue weighted by molar-refractivity contribution is 7.89. The standard InChI is InChI=1S/C26H30N6O6S/c1-16-25(39(35,36)28-18-6-4-7-20-17(11-18)5-3-8-23(20)37-2)10-9-21(26(16)32(33)34)30-13-22-24(14-30)38-15-19-12-27-29-31(19)22/h3,5,8-10,12,18,22,24,28H,4,6-7,11,13-15H2,1-2H3/t18?,22-,24-/m0/s1. The number of nitrogens with one attached hydrogen (secondary N) is 1. The molecular formula is C26H30N6O6S. The van der Waals surface area contributed by atoms with Crippen LogP contribution < -0.4 is 14.4 Å². The van der Waals surface area contributed by atoms with Gasteiger partial charge in [-0.15, -0.1) is 5.10 Å². The Morgan fingerprint density at radius 1 is 1.23 bits per heavy atom. The molecule has 1 N–H and O–H groups in total. The maximum atomic E-state index is 13.6. The lowest BCUT2D eigenvalue weighted by molar-refractivity contribution is -0.384. The SMILES string of the molecule is COc1cccc2c1CCCC(NS(=O)(=O)c1ccc(N3C[C@@H]4OCc5cnnn5[C@H]4C3)c([N+](=O)[O-])c1C)C2. The average Bonchev–Trinajstić information content (AvgIpc) is 3.50. The molecule has 1 unspecified atom stereocenters. The molecule has 2 aliphatic heterocycles. The molecule has 6 rings (SSSR count). The van der Waals surface area contributed by atoms with Crippen LogP contribution in [0, 0.1) is 17.0 Å². The highest BCUT2D eigenvalue weighted by Gasteiger charge is 2.42. The first-order chi connectivity index (χ1) is 18.8. The van der Waals surface area contributed by atoms with Crippen LogP contribution in [0.5, 0.6) is 5.75 Å². The molecular weight excluding hydrogens is 524 g/mol. The van der Waals surface area contributed by atoms with Gasteiger partial charge in [-0.3, -0.25) is 10.1 Å². The molecule has 0 bridgehead atoms. The van der Waals surface area contributed by atoms with Crippen LogP contribution in [0.3, 0.4) is 0 Å². The molecule has 3 atom stereocenters. The highest BCUT2D eigenvalue weighted by Crippen LogP contribution is 2.40. The molecule has 3 aliphatic rings. The summed E-state index contributed by atoms with van der Waals surface area (Å²) in [7, 11) is -2.39. The van der Waals surface area contributed by atoms with E-state index in [0.717, 1.165) is 35.4 Å². The van der Waals surface area contributed by atoms with Crippen molar-refractivity contribution in [3.05, 3.63) is 69.0 Å². The Bertz CT molecular complexity index is 1540. The molecule has 0 amide bonds. The van der Waals surface area contributed by atoms with Crippen LogP contribution in [0.2, 0.25) is 0 Å². The summed E-state index contributed by atoms with van der Waals surface area (Å²) in [6.07, 6.45) is 4.23. The second-order valence-corrected chi connectivity index (χ2v) is 12.0. The first-order valence-electron chi connectivity index (χ1n) is 13.0. The highest BCUT2D eigenvalue weighted by atomic mass is 32.2. The first kappa shape index (κ1) is 25.7. The molecule has 2 aromatic carbocycles. The largest absolute Gasteiger partial charge is 0.496 e. The van der Waals surface area contributed by atoms with Gasteiger partial charge in [-0.05, 0) is 61.9 Å². The van der Waals surface area contributed by atoms with Gasteiger partial charge in [-0.25, -0.2) is 17.8 Å². The fourth-order valence-electron chi connectivity index (χ4n) is 6.19. The van der Waals surface area contributed by atoms with Crippen LogP contribution >= 0.6 is 0 Å². The van der Waals surface area contributed by atoms with Crippen molar-refractivity contribution < 1.29 is 22.8 Å². The van der Waals surface area contributed by atoms with Crippen LogP contribution in [-0.4, -0.2) is 60.7 Å². The molecule has 3 heterocycles. The fraction of sp³-hybridized carbons (Fsp3) is 0.462. The van der Waals surface area contributed by atoms with Gasteiger partial charge in [0, 0.05) is 24.7 Å². The van der Waals surface area contributed by atoms with Crippen LogP contribution in [-0.2, 0) is 34.2 Å². The van der Waals surface area contributed by atoms with Crippen molar-refractivity contribution in [1.29, 1.82) is 0 Å². The summed E-state index contributed by atoms with van der Waals surface area (Å²) >= 11 is 0. The van der Waals surface area contributed by atoms with Gasteiger partial charge in [0.15, 0.2) is 0 Å². The van der Waals surface area contributed by atoms with E-state index in [1.54, 1.807) is 13.3 Å². The topological polar surface area (TPSA) is 142 Å². The Kier molecular flexibility index (Phi) is 6.52. The lowest BCUT2D eigenvalue weighted by atomic mass is 10.0. The number of rotatable bonds is 6. The van der Waals surface area contributed by atoms with E-state index in [0.29, 0.717) is 38.2 Å². The van der Waals surface area contributed by atoms with Crippen LogP contribution in [0.15, 0.2) is 41.4 Å². The Hall–Kier alpha value is -3.55. The minimum atomic E-state index is -4.03. The summed E-state index contributed by atoms with van der Waals surface area (Å²) in [4.78, 5) is 13.6. The number of nitro benzene ring substituents is 1. The predicted molar refractivity (Wildman–Crippen MR) is 141 cm³/mol. The monoisotopic (exact) mass is 554 g/mol. The van der Waals surface area contributed by atoms with Crippen LogP contribution in [0.1, 0.15) is 41.3 Å². The third kappa shape index (κ3) is 4.53. The second kappa shape index (κ2) is 9.88. The van der Waals surface area contributed by atoms with E-state index in [4.69, 9.17) is 9.47 Å². The Morgan fingerprint density at radius 2 is 2.08 bits per heavy atom. The van der Waals surface area contributed by atoms with Gasteiger partial charge in [0.1, 0.15) is 11.4 Å². The van der Waals surface area contributed by atoms with Crippen molar-refractivity contribution in [2.24, 2.45) is 0 Å². The molecule has 1 aromatic heterocycles. The number of hydrogen-bond donors (Lipinski definition) is 1. The Labute approximate surface area is 226 Å². The van der Waals surface area contributed by atoms with E-state index in [2.05, 4.69) is 15.0 Å². The molecule has 0 spiro atoms. The Morgan fingerprint density at radius 3 is 2.87 bits per heavy atom. The van der Waals surface area contributed by atoms with Crippen molar-refractivity contribution >= 4 is 21.4 Å². The maximum absolute atomic E-state index is 13.6. The van der Waals surface area contributed by atoms with E-state index in [9.17, 15) is 18.5 Å². The first-order valence-corrected chi connectivity index (χ1v) is 14.5. The van der Waals surface area contributed by atoms with Crippen molar-refractivity contribution in [3.8, 4) is 5.75 Å². The van der Waals surface area contributed by atoms with E-state index in [1.807, 2.05) is 27.8 Å². The van der Waals surface area contributed by atoms with Gasteiger partial charge >= 0.3 is 0 Å². The second-order valence-electron chi connectivity index (χ2n) is 10.3. The molecule has 12 nitrogen and oxygen atoms in total. The predicted octanol–water partition coefficient (Wildman–Crippen LogP) is 2.69. The third-order valence-electron chi connectivity index (χ3n) is 8.04. The molecule has 3 aromatic rings. The minimum absolute atomic E-state index is 0.0838. The normalized spacial score (nSPS) is 22.5. The van der Waals surface area contributed by atoms with Crippen LogP contribution in [0.4, 0.5) is 11.4 Å². The van der Waals surface area contributed by atoms with E-state index < -0.39 is 14.9 Å². The maximum Gasteiger partial charge on any atom is 0.296 e. The number of aromatic nitrogens is 3. The number of ether oxygens (including phenoxy) is 2. The van der Waals surface area contributed by atoms with Gasteiger partial charge in [-0.1, -0.05) is 17.3 Å². The van der Waals surface area contributed by atoms with E-state index in [1.165, 1.54) is 19.1 Å². The van der Waals surface area contributed by atoms with Crippen molar-refractivity contribution in [2.75, 3.05) is 25.1 Å². The molecule has 39 heavy (non-hydrogen) atoms. The number of methoxy groups -OCH3 is 1. The quantitative estimate of drug-likeness (QED) is 0.276. The number of nitrogens with zero attached hydrogens (tertiary/aromatic N) is 5. The molecule has 1 saturated heterocycles. The summed E-state index contributed by atoms with van der Waals surface area (Å²) in [5.74, 6) is 0.810. The Balaban J connectivity index is 1.27. The summed E-state index contributed by atoms with van der Waals surface area (Å²) < 4.78 is 43.3. The smallest absolute Gasteiger partial charge is 0.296 e. The number of sulfonamides is 1. The summed E-state index contributed by atoms with van der Waals surface area (Å²) in [5.41, 5.74) is 3.27. The molecule has 13 heteroatoms. The van der Waals surface area contributed by atoms with Gasteiger partial charge in [0.05, 0.1) is 47.6 Å². The minimum Gasteiger partial charge on any atom is -0.496 e. The van der Waals surface area contributed by atoms with E-state index in [-0.39, 0.29) is 34.3 Å². The lowest BCUT2D eigenvalue weighted by Crippen LogP contribution is -2.36. The average molecular weight is 555 g/mol. The zero-order valence-electron chi connectivity index (χ0n) is 21.7. The summed E-state index contributed by atoms with van der Waals surface area (Å²) in [6.45, 7) is 2.75.